The highest BCUT2D eigenvalue weighted by Gasteiger charge is 2.35. The van der Waals surface area contributed by atoms with Crippen LogP contribution in [0.1, 0.15) is 25.0 Å². The Bertz CT molecular complexity index is 3170. The third-order valence-electron chi connectivity index (χ3n) is 12.0. The van der Waals surface area contributed by atoms with Gasteiger partial charge in [-0.15, -0.1) is 0 Å². The molecule has 1 aliphatic rings. The molecular formula is C55H39NO. The summed E-state index contributed by atoms with van der Waals surface area (Å²) in [4.78, 5) is 2.39. The molecule has 0 radical (unpaired) electrons. The molecule has 0 bridgehead atoms. The number of nitrogens with zero attached hydrogens (tertiary/aromatic N) is 1. The van der Waals surface area contributed by atoms with Crippen molar-refractivity contribution in [1.29, 1.82) is 0 Å². The summed E-state index contributed by atoms with van der Waals surface area (Å²) in [5.41, 5.74) is 17.6. The minimum Gasteiger partial charge on any atom is -0.456 e. The Morgan fingerprint density at radius 3 is 1.70 bits per heavy atom. The van der Waals surface area contributed by atoms with Crippen LogP contribution in [0.2, 0.25) is 0 Å². The van der Waals surface area contributed by atoms with Crippen molar-refractivity contribution in [2.45, 2.75) is 19.3 Å². The molecule has 0 unspecified atom stereocenters. The third-order valence-corrected chi connectivity index (χ3v) is 12.0. The number of rotatable bonds is 6. The molecule has 9 aromatic carbocycles. The van der Waals surface area contributed by atoms with Crippen molar-refractivity contribution in [3.63, 3.8) is 0 Å². The first-order valence-electron chi connectivity index (χ1n) is 19.7. The molecule has 0 fully saturated rings. The maximum absolute atomic E-state index is 6.25. The second-order valence-corrected chi connectivity index (χ2v) is 15.8. The van der Waals surface area contributed by atoms with Gasteiger partial charge in [-0.25, -0.2) is 0 Å². The second-order valence-electron chi connectivity index (χ2n) is 15.8. The largest absolute Gasteiger partial charge is 0.456 e. The Morgan fingerprint density at radius 2 is 0.912 bits per heavy atom. The summed E-state index contributed by atoms with van der Waals surface area (Å²) in [6.07, 6.45) is 0. The SMILES string of the molecule is CC1(C)c2ccccc2-c2ccc(N(c3ccc(-c4cccc(-c5cccc(-c6ccc7ccccc7c6)c5)c4)cc3)c3ccc4oc5ccccc5c4c3)cc21. The molecule has 1 aliphatic carbocycles. The Morgan fingerprint density at radius 1 is 0.351 bits per heavy atom. The van der Waals surface area contributed by atoms with Gasteiger partial charge in [0.2, 0.25) is 0 Å². The van der Waals surface area contributed by atoms with E-state index in [4.69, 9.17) is 4.42 Å². The van der Waals surface area contributed by atoms with Gasteiger partial charge in [0, 0.05) is 33.2 Å². The van der Waals surface area contributed by atoms with Crippen molar-refractivity contribution in [3.8, 4) is 44.5 Å². The monoisotopic (exact) mass is 729 g/mol. The van der Waals surface area contributed by atoms with Crippen molar-refractivity contribution >= 4 is 49.8 Å². The Balaban J connectivity index is 0.977. The molecule has 0 N–H and O–H groups in total. The lowest BCUT2D eigenvalue weighted by molar-refractivity contribution is 0.660. The van der Waals surface area contributed by atoms with Crippen LogP contribution in [0.4, 0.5) is 17.1 Å². The van der Waals surface area contributed by atoms with Crippen LogP contribution >= 0.6 is 0 Å². The summed E-state index contributed by atoms with van der Waals surface area (Å²) in [7, 11) is 0. The minimum atomic E-state index is -0.109. The lowest BCUT2D eigenvalue weighted by Gasteiger charge is -2.28. The summed E-state index contributed by atoms with van der Waals surface area (Å²) in [5, 5.41) is 4.75. The summed E-state index contributed by atoms with van der Waals surface area (Å²) in [6.45, 7) is 4.69. The molecule has 1 heterocycles. The number of fused-ring (bicyclic) bond motifs is 7. The fourth-order valence-electron chi connectivity index (χ4n) is 9.06. The standard InChI is InChI=1S/C55H39NO/c1-55(2)51-19-7-5-17-47(51)48-29-27-46(35-52(48)55)56(45-28-30-54-50(34-45)49-18-6-8-20-53(49)57-54)44-25-23-37(24-26-44)39-13-9-14-40(31-39)41-15-10-16-42(33-41)43-22-21-36-11-3-4-12-38(36)32-43/h3-35H,1-2H3. The van der Waals surface area contributed by atoms with E-state index < -0.39 is 0 Å². The van der Waals surface area contributed by atoms with Crippen LogP contribution in [-0.4, -0.2) is 0 Å². The highest BCUT2D eigenvalue weighted by molar-refractivity contribution is 6.06. The van der Waals surface area contributed by atoms with E-state index in [0.717, 1.165) is 39.0 Å². The normalized spacial score (nSPS) is 12.9. The van der Waals surface area contributed by atoms with Gasteiger partial charge in [-0.3, -0.25) is 0 Å². The molecule has 2 nitrogen and oxygen atoms in total. The second kappa shape index (κ2) is 13.0. The quantitative estimate of drug-likeness (QED) is 0.169. The molecule has 10 aromatic rings. The zero-order valence-electron chi connectivity index (χ0n) is 31.9. The van der Waals surface area contributed by atoms with Crippen LogP contribution in [0.25, 0.3) is 77.2 Å². The van der Waals surface area contributed by atoms with Gasteiger partial charge >= 0.3 is 0 Å². The number of hydrogen-bond donors (Lipinski definition) is 0. The van der Waals surface area contributed by atoms with E-state index >= 15 is 0 Å². The molecule has 57 heavy (non-hydrogen) atoms. The van der Waals surface area contributed by atoms with Gasteiger partial charge in [-0.05, 0) is 133 Å². The molecular weight excluding hydrogens is 691 g/mol. The summed E-state index contributed by atoms with van der Waals surface area (Å²) in [5.74, 6) is 0. The van der Waals surface area contributed by atoms with Gasteiger partial charge in [0.25, 0.3) is 0 Å². The van der Waals surface area contributed by atoms with Crippen molar-refractivity contribution in [1.82, 2.24) is 0 Å². The predicted molar refractivity (Wildman–Crippen MR) is 240 cm³/mol. The van der Waals surface area contributed by atoms with E-state index in [0.29, 0.717) is 0 Å². The number of furan rings is 1. The van der Waals surface area contributed by atoms with Crippen LogP contribution < -0.4 is 4.90 Å². The zero-order valence-corrected chi connectivity index (χ0v) is 31.9. The van der Waals surface area contributed by atoms with Crippen LogP contribution in [0, 0.1) is 0 Å². The van der Waals surface area contributed by atoms with E-state index in [9.17, 15) is 0 Å². The molecule has 0 atom stereocenters. The molecule has 0 spiro atoms. The average molecular weight is 730 g/mol. The molecule has 0 amide bonds. The van der Waals surface area contributed by atoms with E-state index in [1.807, 2.05) is 12.1 Å². The molecule has 0 saturated carbocycles. The van der Waals surface area contributed by atoms with E-state index in [1.165, 1.54) is 66.4 Å². The summed E-state index contributed by atoms with van der Waals surface area (Å²) < 4.78 is 6.25. The van der Waals surface area contributed by atoms with E-state index in [1.54, 1.807) is 0 Å². The maximum Gasteiger partial charge on any atom is 0.135 e. The fourth-order valence-corrected chi connectivity index (χ4v) is 9.06. The van der Waals surface area contributed by atoms with Crippen molar-refractivity contribution < 1.29 is 4.42 Å². The van der Waals surface area contributed by atoms with Gasteiger partial charge in [0.1, 0.15) is 11.2 Å². The van der Waals surface area contributed by atoms with Crippen LogP contribution in [0.3, 0.4) is 0 Å². The van der Waals surface area contributed by atoms with Crippen LogP contribution in [0.15, 0.2) is 205 Å². The lowest BCUT2D eigenvalue weighted by Crippen LogP contribution is -2.16. The fraction of sp³-hybridized carbons (Fsp3) is 0.0545. The smallest absolute Gasteiger partial charge is 0.135 e. The number of anilines is 3. The molecule has 0 saturated heterocycles. The number of benzene rings is 9. The van der Waals surface area contributed by atoms with E-state index in [2.05, 4.69) is 207 Å². The van der Waals surface area contributed by atoms with Gasteiger partial charge in [0.05, 0.1) is 0 Å². The molecule has 270 valence electrons. The Hall–Kier alpha value is -7.16. The van der Waals surface area contributed by atoms with Crippen molar-refractivity contribution in [2.75, 3.05) is 4.90 Å². The first kappa shape index (κ1) is 33.2. The first-order valence-corrected chi connectivity index (χ1v) is 19.7. The Labute approximate surface area is 332 Å². The first-order chi connectivity index (χ1) is 28.0. The van der Waals surface area contributed by atoms with Crippen molar-refractivity contribution in [2.24, 2.45) is 0 Å². The lowest BCUT2D eigenvalue weighted by atomic mass is 9.82. The average Bonchev–Trinajstić information content (AvgIpc) is 3.75. The maximum atomic E-state index is 6.25. The highest BCUT2D eigenvalue weighted by Crippen LogP contribution is 2.51. The van der Waals surface area contributed by atoms with Crippen LogP contribution in [-0.2, 0) is 5.41 Å². The van der Waals surface area contributed by atoms with Crippen molar-refractivity contribution in [3.05, 3.63) is 211 Å². The topological polar surface area (TPSA) is 16.4 Å². The summed E-state index contributed by atoms with van der Waals surface area (Å²) in [6, 6.07) is 72.8. The minimum absolute atomic E-state index is 0.109. The zero-order chi connectivity index (χ0) is 38.1. The van der Waals surface area contributed by atoms with E-state index in [-0.39, 0.29) is 5.41 Å². The van der Waals surface area contributed by atoms with Gasteiger partial charge in [-0.1, -0.05) is 147 Å². The predicted octanol–water partition coefficient (Wildman–Crippen LogP) is 15.5. The van der Waals surface area contributed by atoms with Crippen LogP contribution in [0.5, 0.6) is 0 Å². The number of para-hydroxylation sites is 1. The van der Waals surface area contributed by atoms with Gasteiger partial charge in [-0.2, -0.15) is 0 Å². The van der Waals surface area contributed by atoms with Gasteiger partial charge in [0.15, 0.2) is 0 Å². The number of hydrogen-bond acceptors (Lipinski definition) is 2. The molecule has 1 aromatic heterocycles. The highest BCUT2D eigenvalue weighted by atomic mass is 16.3. The summed E-state index contributed by atoms with van der Waals surface area (Å²) >= 11 is 0. The third kappa shape index (κ3) is 5.56. The van der Waals surface area contributed by atoms with Gasteiger partial charge < -0.3 is 9.32 Å². The molecule has 2 heteroatoms. The molecule has 11 rings (SSSR count). The molecule has 0 aliphatic heterocycles. The Kier molecular flexibility index (Phi) is 7.55.